The van der Waals surface area contributed by atoms with E-state index in [0.29, 0.717) is 12.6 Å². The summed E-state index contributed by atoms with van der Waals surface area (Å²) >= 11 is 0. The van der Waals surface area contributed by atoms with Gasteiger partial charge in [0.15, 0.2) is 5.96 Å². The third-order valence-corrected chi connectivity index (χ3v) is 2.02. The fourth-order valence-electron chi connectivity index (χ4n) is 1.44. The van der Waals surface area contributed by atoms with Crippen molar-refractivity contribution >= 4 is 5.96 Å². The molecular formula is C11H25N3O. The Labute approximate surface area is 93.5 Å². The zero-order valence-corrected chi connectivity index (χ0v) is 10.9. The van der Waals surface area contributed by atoms with Crippen molar-refractivity contribution in [3.63, 3.8) is 0 Å². The minimum absolute atomic E-state index is 0.135. The predicted molar refractivity (Wildman–Crippen MR) is 65.1 cm³/mol. The van der Waals surface area contributed by atoms with Crippen molar-refractivity contribution in [3.8, 4) is 0 Å². The van der Waals surface area contributed by atoms with Crippen LogP contribution in [-0.2, 0) is 4.74 Å². The van der Waals surface area contributed by atoms with E-state index < -0.39 is 0 Å². The zero-order chi connectivity index (χ0) is 12.1. The molecule has 0 aliphatic heterocycles. The minimum Gasteiger partial charge on any atom is -0.383 e. The molecule has 15 heavy (non-hydrogen) atoms. The molecule has 0 rings (SSSR count). The highest BCUT2D eigenvalue weighted by molar-refractivity contribution is 5.78. The summed E-state index contributed by atoms with van der Waals surface area (Å²) in [4.78, 5) is 6.50. The van der Waals surface area contributed by atoms with Gasteiger partial charge in [0.2, 0.25) is 0 Å². The Kier molecular flexibility index (Phi) is 5.65. The lowest BCUT2D eigenvalue weighted by molar-refractivity contribution is 0.137. The van der Waals surface area contributed by atoms with Gasteiger partial charge in [-0.05, 0) is 34.6 Å². The highest BCUT2D eigenvalue weighted by Crippen LogP contribution is 2.08. The van der Waals surface area contributed by atoms with Crippen molar-refractivity contribution in [2.75, 3.05) is 20.3 Å². The van der Waals surface area contributed by atoms with E-state index in [1.54, 1.807) is 7.11 Å². The average molecular weight is 215 g/mol. The van der Waals surface area contributed by atoms with E-state index in [-0.39, 0.29) is 11.6 Å². The van der Waals surface area contributed by atoms with Crippen LogP contribution in [0.4, 0.5) is 0 Å². The topological polar surface area (TPSA) is 50.8 Å². The van der Waals surface area contributed by atoms with Gasteiger partial charge >= 0.3 is 0 Å². The second kappa shape index (κ2) is 5.95. The van der Waals surface area contributed by atoms with E-state index in [0.717, 1.165) is 6.54 Å². The second-order valence-electron chi connectivity index (χ2n) is 4.73. The van der Waals surface area contributed by atoms with Crippen LogP contribution >= 0.6 is 0 Å². The molecule has 0 fully saturated rings. The molecule has 0 bridgehead atoms. The SMILES string of the molecule is CCN(C(N)=NC(C)(C)C)C(C)COC. The summed E-state index contributed by atoms with van der Waals surface area (Å²) in [5.74, 6) is 0.592. The van der Waals surface area contributed by atoms with Crippen LogP contribution in [0.2, 0.25) is 0 Å². The van der Waals surface area contributed by atoms with Crippen LogP contribution in [0.25, 0.3) is 0 Å². The maximum absolute atomic E-state index is 5.97. The Morgan fingerprint density at radius 3 is 2.33 bits per heavy atom. The molecule has 0 aromatic rings. The molecule has 0 aromatic heterocycles. The van der Waals surface area contributed by atoms with E-state index in [1.807, 2.05) is 20.8 Å². The van der Waals surface area contributed by atoms with E-state index in [2.05, 4.69) is 23.7 Å². The highest BCUT2D eigenvalue weighted by atomic mass is 16.5. The van der Waals surface area contributed by atoms with Crippen LogP contribution in [0.5, 0.6) is 0 Å². The molecule has 0 saturated carbocycles. The van der Waals surface area contributed by atoms with Crippen molar-refractivity contribution < 1.29 is 4.74 Å². The van der Waals surface area contributed by atoms with Gasteiger partial charge in [0, 0.05) is 13.7 Å². The number of hydrogen-bond acceptors (Lipinski definition) is 2. The molecule has 4 heteroatoms. The van der Waals surface area contributed by atoms with Crippen molar-refractivity contribution in [1.29, 1.82) is 0 Å². The van der Waals surface area contributed by atoms with E-state index in [9.17, 15) is 0 Å². The van der Waals surface area contributed by atoms with Crippen LogP contribution < -0.4 is 5.73 Å². The fourth-order valence-corrected chi connectivity index (χ4v) is 1.44. The quantitative estimate of drug-likeness (QED) is 0.570. The molecule has 4 nitrogen and oxygen atoms in total. The molecule has 2 N–H and O–H groups in total. The number of likely N-dealkylation sites (N-methyl/N-ethyl adjacent to an activating group) is 1. The molecular weight excluding hydrogens is 190 g/mol. The maximum Gasteiger partial charge on any atom is 0.192 e. The third-order valence-electron chi connectivity index (χ3n) is 2.02. The second-order valence-corrected chi connectivity index (χ2v) is 4.73. The van der Waals surface area contributed by atoms with Crippen LogP contribution in [0.15, 0.2) is 4.99 Å². The lowest BCUT2D eigenvalue weighted by Gasteiger charge is -2.30. The smallest absolute Gasteiger partial charge is 0.192 e. The minimum atomic E-state index is -0.135. The Morgan fingerprint density at radius 1 is 1.47 bits per heavy atom. The number of hydrogen-bond donors (Lipinski definition) is 1. The number of rotatable bonds is 4. The molecule has 1 atom stereocenters. The van der Waals surface area contributed by atoms with E-state index in [4.69, 9.17) is 10.5 Å². The van der Waals surface area contributed by atoms with Gasteiger partial charge in [-0.3, -0.25) is 0 Å². The van der Waals surface area contributed by atoms with Crippen molar-refractivity contribution in [2.24, 2.45) is 10.7 Å². The summed E-state index contributed by atoms with van der Waals surface area (Å²) in [6, 6.07) is 0.256. The van der Waals surface area contributed by atoms with Crippen molar-refractivity contribution in [1.82, 2.24) is 4.90 Å². The van der Waals surface area contributed by atoms with Gasteiger partial charge < -0.3 is 15.4 Å². The molecule has 0 aliphatic rings. The standard InChI is InChI=1S/C11H25N3O/c1-7-14(9(2)8-15-6)10(12)13-11(3,4)5/h9H,7-8H2,1-6H3,(H2,12,13). The fraction of sp³-hybridized carbons (Fsp3) is 0.909. The maximum atomic E-state index is 5.97. The Morgan fingerprint density at radius 2 is 2.00 bits per heavy atom. The van der Waals surface area contributed by atoms with Gasteiger partial charge in [0.25, 0.3) is 0 Å². The van der Waals surface area contributed by atoms with E-state index >= 15 is 0 Å². The average Bonchev–Trinajstić information content (AvgIpc) is 2.02. The van der Waals surface area contributed by atoms with Crippen LogP contribution in [0.3, 0.4) is 0 Å². The number of ether oxygens (including phenoxy) is 1. The van der Waals surface area contributed by atoms with Crippen molar-refractivity contribution in [3.05, 3.63) is 0 Å². The molecule has 0 spiro atoms. The van der Waals surface area contributed by atoms with Gasteiger partial charge in [0.05, 0.1) is 18.2 Å². The first-order valence-corrected chi connectivity index (χ1v) is 5.42. The van der Waals surface area contributed by atoms with Gasteiger partial charge in [-0.1, -0.05) is 0 Å². The first kappa shape index (κ1) is 14.2. The van der Waals surface area contributed by atoms with E-state index in [1.165, 1.54) is 0 Å². The first-order valence-electron chi connectivity index (χ1n) is 5.42. The summed E-state index contributed by atoms with van der Waals surface area (Å²) in [5, 5.41) is 0. The number of nitrogens with two attached hydrogens (primary N) is 1. The number of guanidine groups is 1. The zero-order valence-electron chi connectivity index (χ0n) is 10.9. The monoisotopic (exact) mass is 215 g/mol. The van der Waals surface area contributed by atoms with Gasteiger partial charge in [-0.2, -0.15) is 0 Å². The number of nitrogens with zero attached hydrogens (tertiary/aromatic N) is 2. The molecule has 1 unspecified atom stereocenters. The van der Waals surface area contributed by atoms with Gasteiger partial charge in [-0.25, -0.2) is 4.99 Å². The Balaban J connectivity index is 4.60. The molecule has 0 aliphatic carbocycles. The molecule has 90 valence electrons. The van der Waals surface area contributed by atoms with Gasteiger partial charge in [-0.15, -0.1) is 0 Å². The molecule has 0 amide bonds. The van der Waals surface area contributed by atoms with Gasteiger partial charge in [0.1, 0.15) is 0 Å². The summed E-state index contributed by atoms with van der Waals surface area (Å²) in [6.07, 6.45) is 0. The third kappa shape index (κ3) is 5.62. The largest absolute Gasteiger partial charge is 0.383 e. The number of aliphatic imine (C=N–C) groups is 1. The lowest BCUT2D eigenvalue weighted by atomic mass is 10.1. The molecule has 0 aromatic carbocycles. The van der Waals surface area contributed by atoms with Crippen LogP contribution in [-0.4, -0.2) is 42.7 Å². The Bertz CT molecular complexity index is 208. The molecule has 0 radical (unpaired) electrons. The predicted octanol–water partition coefficient (Wildman–Crippen LogP) is 1.46. The summed E-state index contributed by atoms with van der Waals surface area (Å²) in [6.45, 7) is 11.8. The van der Waals surface area contributed by atoms with Crippen LogP contribution in [0.1, 0.15) is 34.6 Å². The summed E-state index contributed by atoms with van der Waals surface area (Å²) < 4.78 is 5.11. The number of methoxy groups -OCH3 is 1. The highest BCUT2D eigenvalue weighted by Gasteiger charge is 2.16. The normalized spacial score (nSPS) is 15.2. The lowest BCUT2D eigenvalue weighted by Crippen LogP contribution is -2.46. The molecule has 0 heterocycles. The Hall–Kier alpha value is -0.770. The van der Waals surface area contributed by atoms with Crippen LogP contribution in [0, 0.1) is 0 Å². The molecule has 0 saturated heterocycles. The van der Waals surface area contributed by atoms with Crippen molar-refractivity contribution in [2.45, 2.75) is 46.2 Å². The summed E-state index contributed by atoms with van der Waals surface area (Å²) in [5.41, 5.74) is 5.83. The first-order chi connectivity index (χ1) is 6.81. The summed E-state index contributed by atoms with van der Waals surface area (Å²) in [7, 11) is 1.70.